The third kappa shape index (κ3) is 2.97. The number of rotatable bonds is 3. The van der Waals surface area contributed by atoms with Crippen LogP contribution in [0.3, 0.4) is 0 Å². The Morgan fingerprint density at radius 3 is 2.54 bits per heavy atom. The predicted molar refractivity (Wildman–Crippen MR) is 106 cm³/mol. The summed E-state index contributed by atoms with van der Waals surface area (Å²) in [6.45, 7) is 4.03. The van der Waals surface area contributed by atoms with Crippen LogP contribution in [-0.2, 0) is 16.1 Å². The number of carboxylic acids is 1. The molecule has 0 aromatic heterocycles. The average molecular weight is 377 g/mol. The molecule has 3 atom stereocenters. The lowest BCUT2D eigenvalue weighted by Gasteiger charge is -2.42. The minimum absolute atomic E-state index is 0.00849. The second-order valence-corrected chi connectivity index (χ2v) is 7.51. The van der Waals surface area contributed by atoms with Gasteiger partial charge in [-0.05, 0) is 42.5 Å². The van der Waals surface area contributed by atoms with Crippen LogP contribution in [0, 0.1) is 19.8 Å². The summed E-state index contributed by atoms with van der Waals surface area (Å²) < 4.78 is 5.55. The number of carbonyl (C=O) groups is 2. The zero-order valence-corrected chi connectivity index (χ0v) is 16.0. The third-order valence-electron chi connectivity index (χ3n) is 5.76. The number of carbonyl (C=O) groups excluding carboxylic acids is 1. The maximum Gasteiger partial charge on any atom is 0.415 e. The highest BCUT2D eigenvalue weighted by Crippen LogP contribution is 2.50. The number of benzene rings is 2. The molecule has 0 saturated heterocycles. The molecular formula is C23H23NO4. The van der Waals surface area contributed by atoms with Crippen molar-refractivity contribution in [2.45, 2.75) is 38.8 Å². The van der Waals surface area contributed by atoms with Gasteiger partial charge >= 0.3 is 12.1 Å². The molecule has 1 heterocycles. The van der Waals surface area contributed by atoms with Gasteiger partial charge in [0.05, 0.1) is 5.69 Å². The van der Waals surface area contributed by atoms with E-state index in [0.717, 1.165) is 22.3 Å². The molecule has 144 valence electrons. The number of allylic oxidation sites excluding steroid dienone is 2. The van der Waals surface area contributed by atoms with Gasteiger partial charge in [0, 0.05) is 11.8 Å². The SMILES string of the molecule is Cc1ccc(C)c2c1[C@H]1C=CC[C@H]1[C@@H](C(=O)O)N2C(=O)OCc1ccccc1. The largest absolute Gasteiger partial charge is 0.480 e. The van der Waals surface area contributed by atoms with Crippen LogP contribution in [-0.4, -0.2) is 23.2 Å². The van der Waals surface area contributed by atoms with Crippen molar-refractivity contribution in [2.24, 2.45) is 5.92 Å². The van der Waals surface area contributed by atoms with Crippen molar-refractivity contribution in [3.8, 4) is 0 Å². The van der Waals surface area contributed by atoms with E-state index in [4.69, 9.17) is 4.74 Å². The summed E-state index contributed by atoms with van der Waals surface area (Å²) in [4.78, 5) is 26.7. The summed E-state index contributed by atoms with van der Waals surface area (Å²) in [5.74, 6) is -1.18. The monoisotopic (exact) mass is 377 g/mol. The van der Waals surface area contributed by atoms with Crippen LogP contribution in [0.5, 0.6) is 0 Å². The number of hydrogen-bond donors (Lipinski definition) is 1. The van der Waals surface area contributed by atoms with Crippen molar-refractivity contribution in [3.63, 3.8) is 0 Å². The van der Waals surface area contributed by atoms with Gasteiger partial charge in [-0.15, -0.1) is 0 Å². The Kier molecular flexibility index (Phi) is 4.67. The number of nitrogens with zero attached hydrogens (tertiary/aromatic N) is 1. The molecular weight excluding hydrogens is 354 g/mol. The number of anilines is 1. The van der Waals surface area contributed by atoms with E-state index in [0.29, 0.717) is 12.1 Å². The van der Waals surface area contributed by atoms with Crippen LogP contribution in [0.25, 0.3) is 0 Å². The van der Waals surface area contributed by atoms with Gasteiger partial charge in [0.15, 0.2) is 0 Å². The fraction of sp³-hybridized carbons (Fsp3) is 0.304. The van der Waals surface area contributed by atoms with Gasteiger partial charge in [0.2, 0.25) is 0 Å². The number of hydrogen-bond acceptors (Lipinski definition) is 3. The Hall–Kier alpha value is -3.08. The van der Waals surface area contributed by atoms with Crippen molar-refractivity contribution >= 4 is 17.7 Å². The van der Waals surface area contributed by atoms with Crippen LogP contribution in [0.1, 0.15) is 34.6 Å². The summed E-state index contributed by atoms with van der Waals surface area (Å²) >= 11 is 0. The molecule has 0 spiro atoms. The topological polar surface area (TPSA) is 66.8 Å². The molecule has 1 N–H and O–H groups in total. The average Bonchev–Trinajstić information content (AvgIpc) is 3.17. The Labute approximate surface area is 164 Å². The smallest absolute Gasteiger partial charge is 0.415 e. The predicted octanol–water partition coefficient (Wildman–Crippen LogP) is 4.57. The molecule has 28 heavy (non-hydrogen) atoms. The van der Waals surface area contributed by atoms with Crippen LogP contribution in [0.4, 0.5) is 10.5 Å². The van der Waals surface area contributed by atoms with Crippen LogP contribution in [0.15, 0.2) is 54.6 Å². The number of amides is 1. The number of aliphatic carboxylic acids is 1. The van der Waals surface area contributed by atoms with Gasteiger partial charge < -0.3 is 9.84 Å². The zero-order chi connectivity index (χ0) is 19.8. The van der Waals surface area contributed by atoms with E-state index in [1.165, 1.54) is 4.90 Å². The molecule has 0 saturated carbocycles. The molecule has 1 aliphatic carbocycles. The quantitative estimate of drug-likeness (QED) is 0.796. The third-order valence-corrected chi connectivity index (χ3v) is 5.76. The van der Waals surface area contributed by atoms with Gasteiger partial charge in [-0.2, -0.15) is 0 Å². The number of carboxylic acid groups (broad SMARTS) is 1. The molecule has 0 fully saturated rings. The molecule has 5 nitrogen and oxygen atoms in total. The summed E-state index contributed by atoms with van der Waals surface area (Å²) in [7, 11) is 0. The highest BCUT2D eigenvalue weighted by Gasteiger charge is 2.49. The van der Waals surface area contributed by atoms with E-state index in [1.54, 1.807) is 0 Å². The minimum Gasteiger partial charge on any atom is -0.480 e. The van der Waals surface area contributed by atoms with E-state index >= 15 is 0 Å². The van der Waals surface area contributed by atoms with Crippen LogP contribution < -0.4 is 4.90 Å². The van der Waals surface area contributed by atoms with E-state index < -0.39 is 18.1 Å². The second kappa shape index (κ2) is 7.15. The second-order valence-electron chi connectivity index (χ2n) is 7.51. The van der Waals surface area contributed by atoms with Gasteiger partial charge in [-0.25, -0.2) is 9.59 Å². The Morgan fingerprint density at radius 2 is 1.82 bits per heavy atom. The zero-order valence-electron chi connectivity index (χ0n) is 16.0. The fourth-order valence-electron chi connectivity index (χ4n) is 4.48. The van der Waals surface area contributed by atoms with Crippen molar-refractivity contribution < 1.29 is 19.4 Å². The number of ether oxygens (including phenoxy) is 1. The van der Waals surface area contributed by atoms with Crippen molar-refractivity contribution in [2.75, 3.05) is 4.90 Å². The number of fused-ring (bicyclic) bond motifs is 3. The standard InChI is InChI=1S/C23H23NO4/c1-14-11-12-15(2)20-19(14)17-9-6-10-18(17)21(22(25)26)24(20)23(27)28-13-16-7-4-3-5-8-16/h3-9,11-12,17-18,21H,10,13H2,1-2H3,(H,25,26)/t17-,18+,21-/m0/s1. The Bertz CT molecular complexity index is 951. The summed E-state index contributed by atoms with van der Waals surface area (Å²) in [5, 5.41) is 10.00. The maximum absolute atomic E-state index is 13.1. The lowest BCUT2D eigenvalue weighted by Crippen LogP contribution is -2.54. The van der Waals surface area contributed by atoms with E-state index in [2.05, 4.69) is 6.08 Å². The molecule has 0 radical (unpaired) electrons. The van der Waals surface area contributed by atoms with Gasteiger partial charge in [0.25, 0.3) is 0 Å². The summed E-state index contributed by atoms with van der Waals surface area (Å²) in [6.07, 6.45) is 4.13. The van der Waals surface area contributed by atoms with E-state index in [-0.39, 0.29) is 18.4 Å². The van der Waals surface area contributed by atoms with Gasteiger partial charge in [0.1, 0.15) is 12.6 Å². The first-order valence-electron chi connectivity index (χ1n) is 9.48. The van der Waals surface area contributed by atoms with Crippen molar-refractivity contribution in [1.82, 2.24) is 0 Å². The van der Waals surface area contributed by atoms with Crippen LogP contribution >= 0.6 is 0 Å². The number of aryl methyl sites for hydroxylation is 2. The highest BCUT2D eigenvalue weighted by molar-refractivity contribution is 5.98. The Balaban J connectivity index is 1.75. The molecule has 2 aliphatic rings. The molecule has 2 aromatic rings. The molecule has 1 aliphatic heterocycles. The Morgan fingerprint density at radius 1 is 1.11 bits per heavy atom. The maximum atomic E-state index is 13.1. The van der Waals surface area contributed by atoms with E-state index in [1.807, 2.05) is 62.4 Å². The molecule has 5 heteroatoms. The summed E-state index contributed by atoms with van der Waals surface area (Å²) in [6, 6.07) is 12.4. The highest BCUT2D eigenvalue weighted by atomic mass is 16.6. The fourth-order valence-corrected chi connectivity index (χ4v) is 4.48. The van der Waals surface area contributed by atoms with Crippen molar-refractivity contribution in [1.29, 1.82) is 0 Å². The minimum atomic E-state index is -0.998. The van der Waals surface area contributed by atoms with E-state index in [9.17, 15) is 14.7 Å². The first-order chi connectivity index (χ1) is 13.5. The summed E-state index contributed by atoms with van der Waals surface area (Å²) in [5.41, 5.74) is 4.52. The molecule has 2 aromatic carbocycles. The lowest BCUT2D eigenvalue weighted by atomic mass is 9.76. The molecule has 4 rings (SSSR count). The molecule has 0 bridgehead atoms. The van der Waals surface area contributed by atoms with Gasteiger partial charge in [-0.3, -0.25) is 4.90 Å². The van der Waals surface area contributed by atoms with Crippen LogP contribution in [0.2, 0.25) is 0 Å². The molecule has 0 unspecified atom stereocenters. The normalized spacial score (nSPS) is 22.5. The lowest BCUT2D eigenvalue weighted by molar-refractivity contribution is -0.140. The van der Waals surface area contributed by atoms with Gasteiger partial charge in [-0.1, -0.05) is 54.6 Å². The first-order valence-corrected chi connectivity index (χ1v) is 9.48. The first kappa shape index (κ1) is 18.3. The molecule has 1 amide bonds. The van der Waals surface area contributed by atoms with Crippen molar-refractivity contribution in [3.05, 3.63) is 76.9 Å².